The fraction of sp³-hybridized carbons (Fsp3) is 0.250. The van der Waals surface area contributed by atoms with Crippen molar-refractivity contribution in [3.8, 4) is 5.75 Å². The normalized spacial score (nSPS) is 12.2. The molecule has 0 aliphatic carbocycles. The molecule has 2 rings (SSSR count). The predicted octanol–water partition coefficient (Wildman–Crippen LogP) is 4.04. The lowest BCUT2D eigenvalue weighted by Gasteiger charge is -2.14. The Morgan fingerprint density at radius 2 is 1.95 bits per heavy atom. The SMILES string of the molecule is COc1ccc(C(O)Cc2ccccc2C)cc1Br. The minimum Gasteiger partial charge on any atom is -0.496 e. The topological polar surface area (TPSA) is 29.5 Å². The highest BCUT2D eigenvalue weighted by molar-refractivity contribution is 9.10. The number of aliphatic hydroxyl groups excluding tert-OH is 1. The molecular weight excluding hydrogens is 304 g/mol. The largest absolute Gasteiger partial charge is 0.496 e. The van der Waals surface area contributed by atoms with Crippen molar-refractivity contribution in [2.45, 2.75) is 19.4 Å². The van der Waals surface area contributed by atoms with Crippen molar-refractivity contribution in [3.63, 3.8) is 0 Å². The van der Waals surface area contributed by atoms with Crippen LogP contribution < -0.4 is 4.74 Å². The first-order valence-electron chi connectivity index (χ1n) is 6.18. The van der Waals surface area contributed by atoms with Crippen molar-refractivity contribution < 1.29 is 9.84 Å². The lowest BCUT2D eigenvalue weighted by Crippen LogP contribution is -2.03. The number of aliphatic hydroxyl groups is 1. The van der Waals surface area contributed by atoms with Gasteiger partial charge in [-0.1, -0.05) is 30.3 Å². The maximum atomic E-state index is 10.3. The average Bonchev–Trinajstić information content (AvgIpc) is 2.41. The Morgan fingerprint density at radius 3 is 2.58 bits per heavy atom. The molecule has 3 heteroatoms. The van der Waals surface area contributed by atoms with E-state index >= 15 is 0 Å². The molecule has 0 radical (unpaired) electrons. The second kappa shape index (κ2) is 6.22. The third kappa shape index (κ3) is 3.37. The number of rotatable bonds is 4. The number of halogens is 1. The molecule has 2 aromatic rings. The standard InChI is InChI=1S/C16H17BrO2/c1-11-5-3-4-6-12(11)10-15(18)13-7-8-16(19-2)14(17)9-13/h3-9,15,18H,10H2,1-2H3. The molecule has 2 aromatic carbocycles. The van der Waals surface area contributed by atoms with Crippen LogP contribution in [0.1, 0.15) is 22.8 Å². The Hall–Kier alpha value is -1.32. The van der Waals surface area contributed by atoms with Gasteiger partial charge in [0.2, 0.25) is 0 Å². The number of hydrogen-bond donors (Lipinski definition) is 1. The third-order valence-electron chi connectivity index (χ3n) is 3.24. The van der Waals surface area contributed by atoms with E-state index in [1.807, 2.05) is 30.3 Å². The Labute approximate surface area is 122 Å². The van der Waals surface area contributed by atoms with Gasteiger partial charge in [0, 0.05) is 6.42 Å². The quantitative estimate of drug-likeness (QED) is 0.921. The van der Waals surface area contributed by atoms with E-state index in [-0.39, 0.29) is 0 Å². The number of ether oxygens (including phenoxy) is 1. The van der Waals surface area contributed by atoms with Crippen LogP contribution >= 0.6 is 15.9 Å². The van der Waals surface area contributed by atoms with Gasteiger partial charge in [-0.25, -0.2) is 0 Å². The summed E-state index contributed by atoms with van der Waals surface area (Å²) in [6.07, 6.45) is 0.106. The van der Waals surface area contributed by atoms with E-state index in [9.17, 15) is 5.11 Å². The van der Waals surface area contributed by atoms with Crippen LogP contribution in [0.3, 0.4) is 0 Å². The molecule has 1 atom stereocenters. The van der Waals surface area contributed by atoms with Crippen LogP contribution in [0.25, 0.3) is 0 Å². The van der Waals surface area contributed by atoms with Crippen molar-refractivity contribution in [2.24, 2.45) is 0 Å². The molecule has 0 heterocycles. The summed E-state index contributed by atoms with van der Waals surface area (Å²) >= 11 is 3.44. The Bertz CT molecular complexity index is 566. The first-order chi connectivity index (χ1) is 9.11. The molecule has 0 aromatic heterocycles. The average molecular weight is 321 g/mol. The maximum absolute atomic E-state index is 10.3. The van der Waals surface area contributed by atoms with Gasteiger partial charge in [0.1, 0.15) is 5.75 Å². The highest BCUT2D eigenvalue weighted by atomic mass is 79.9. The Morgan fingerprint density at radius 1 is 1.21 bits per heavy atom. The maximum Gasteiger partial charge on any atom is 0.133 e. The van der Waals surface area contributed by atoms with Crippen molar-refractivity contribution in [2.75, 3.05) is 7.11 Å². The second-order valence-electron chi connectivity index (χ2n) is 4.54. The summed E-state index contributed by atoms with van der Waals surface area (Å²) in [6, 6.07) is 13.8. The zero-order valence-corrected chi connectivity index (χ0v) is 12.6. The van der Waals surface area contributed by atoms with Crippen molar-refractivity contribution >= 4 is 15.9 Å². The minimum absolute atomic E-state index is 0.511. The molecule has 19 heavy (non-hydrogen) atoms. The van der Waals surface area contributed by atoms with Crippen LogP contribution in [0, 0.1) is 6.92 Å². The van der Waals surface area contributed by atoms with E-state index in [1.54, 1.807) is 7.11 Å². The van der Waals surface area contributed by atoms with E-state index in [2.05, 4.69) is 35.0 Å². The zero-order valence-electron chi connectivity index (χ0n) is 11.1. The molecular formula is C16H17BrO2. The molecule has 0 aliphatic heterocycles. The molecule has 100 valence electrons. The predicted molar refractivity (Wildman–Crippen MR) is 80.5 cm³/mol. The van der Waals surface area contributed by atoms with E-state index < -0.39 is 6.10 Å². The van der Waals surface area contributed by atoms with E-state index in [4.69, 9.17) is 4.74 Å². The molecule has 1 unspecified atom stereocenters. The lowest BCUT2D eigenvalue weighted by atomic mass is 9.98. The smallest absolute Gasteiger partial charge is 0.133 e. The summed E-state index contributed by atoms with van der Waals surface area (Å²) in [5.41, 5.74) is 3.26. The molecule has 2 nitrogen and oxygen atoms in total. The van der Waals surface area contributed by atoms with Gasteiger partial charge in [-0.3, -0.25) is 0 Å². The second-order valence-corrected chi connectivity index (χ2v) is 5.39. The molecule has 0 bridgehead atoms. The van der Waals surface area contributed by atoms with Gasteiger partial charge in [0.15, 0.2) is 0 Å². The number of methoxy groups -OCH3 is 1. The number of aryl methyl sites for hydroxylation is 1. The minimum atomic E-state index is -0.511. The Balaban J connectivity index is 2.18. The zero-order chi connectivity index (χ0) is 13.8. The van der Waals surface area contributed by atoms with Gasteiger partial charge < -0.3 is 9.84 Å². The highest BCUT2D eigenvalue weighted by Gasteiger charge is 2.12. The fourth-order valence-electron chi connectivity index (χ4n) is 2.06. The van der Waals surface area contributed by atoms with Crippen LogP contribution in [-0.4, -0.2) is 12.2 Å². The van der Waals surface area contributed by atoms with E-state index in [0.29, 0.717) is 6.42 Å². The molecule has 0 saturated heterocycles. The molecule has 0 spiro atoms. The molecule has 0 fully saturated rings. The van der Waals surface area contributed by atoms with Gasteiger partial charge in [0.25, 0.3) is 0 Å². The summed E-state index contributed by atoms with van der Waals surface area (Å²) < 4.78 is 6.05. The van der Waals surface area contributed by atoms with Gasteiger partial charge in [0.05, 0.1) is 17.7 Å². The monoisotopic (exact) mass is 320 g/mol. The molecule has 0 aliphatic rings. The van der Waals surface area contributed by atoms with Crippen molar-refractivity contribution in [3.05, 3.63) is 63.6 Å². The number of benzene rings is 2. The van der Waals surface area contributed by atoms with Crippen LogP contribution in [0.2, 0.25) is 0 Å². The lowest BCUT2D eigenvalue weighted by molar-refractivity contribution is 0.178. The summed E-state index contributed by atoms with van der Waals surface area (Å²) in [7, 11) is 1.63. The van der Waals surface area contributed by atoms with Gasteiger partial charge >= 0.3 is 0 Å². The van der Waals surface area contributed by atoms with E-state index in [1.165, 1.54) is 11.1 Å². The summed E-state index contributed by atoms with van der Waals surface area (Å²) in [5, 5.41) is 10.3. The van der Waals surface area contributed by atoms with Gasteiger partial charge in [-0.05, 0) is 51.7 Å². The summed E-state index contributed by atoms with van der Waals surface area (Å²) in [6.45, 7) is 2.06. The van der Waals surface area contributed by atoms with Crippen LogP contribution in [0.4, 0.5) is 0 Å². The first-order valence-corrected chi connectivity index (χ1v) is 6.97. The summed E-state index contributed by atoms with van der Waals surface area (Å²) in [5.74, 6) is 0.770. The molecule has 0 amide bonds. The van der Waals surface area contributed by atoms with Crippen molar-refractivity contribution in [1.29, 1.82) is 0 Å². The van der Waals surface area contributed by atoms with Gasteiger partial charge in [-0.2, -0.15) is 0 Å². The fourth-order valence-corrected chi connectivity index (χ4v) is 2.61. The Kier molecular flexibility index (Phi) is 4.61. The van der Waals surface area contributed by atoms with Gasteiger partial charge in [-0.15, -0.1) is 0 Å². The van der Waals surface area contributed by atoms with E-state index in [0.717, 1.165) is 15.8 Å². The van der Waals surface area contributed by atoms with Crippen LogP contribution in [-0.2, 0) is 6.42 Å². The highest BCUT2D eigenvalue weighted by Crippen LogP contribution is 2.29. The van der Waals surface area contributed by atoms with Crippen LogP contribution in [0.5, 0.6) is 5.75 Å². The first kappa shape index (κ1) is 14.1. The van der Waals surface area contributed by atoms with Crippen molar-refractivity contribution in [1.82, 2.24) is 0 Å². The third-order valence-corrected chi connectivity index (χ3v) is 3.85. The summed E-state index contributed by atoms with van der Waals surface area (Å²) in [4.78, 5) is 0. The molecule has 0 saturated carbocycles. The molecule has 1 N–H and O–H groups in total. The van der Waals surface area contributed by atoms with Crippen LogP contribution in [0.15, 0.2) is 46.9 Å². The number of hydrogen-bond acceptors (Lipinski definition) is 2.